The van der Waals surface area contributed by atoms with Crippen molar-refractivity contribution in [1.29, 1.82) is 0 Å². The van der Waals surface area contributed by atoms with Crippen LogP contribution in [-0.2, 0) is 4.79 Å². The highest BCUT2D eigenvalue weighted by atomic mass is 16.4. The van der Waals surface area contributed by atoms with Gasteiger partial charge in [-0.2, -0.15) is 0 Å². The molecule has 0 radical (unpaired) electrons. The van der Waals surface area contributed by atoms with Gasteiger partial charge >= 0.3 is 5.97 Å². The van der Waals surface area contributed by atoms with Gasteiger partial charge in [0.05, 0.1) is 13.1 Å². The number of likely N-dealkylation sites (tertiary alicyclic amines) is 1. The largest absolute Gasteiger partial charge is 0.481 e. The van der Waals surface area contributed by atoms with E-state index in [0.717, 1.165) is 38.6 Å². The summed E-state index contributed by atoms with van der Waals surface area (Å²) in [6.45, 7) is 3.40. The minimum Gasteiger partial charge on any atom is -0.481 e. The quantitative estimate of drug-likeness (QED) is 0.506. The van der Waals surface area contributed by atoms with Gasteiger partial charge in [-0.1, -0.05) is 32.1 Å². The summed E-state index contributed by atoms with van der Waals surface area (Å²) in [4.78, 5) is 11.9. The van der Waals surface area contributed by atoms with Crippen molar-refractivity contribution in [2.75, 3.05) is 19.6 Å². The number of quaternary nitrogens is 1. The summed E-state index contributed by atoms with van der Waals surface area (Å²) in [5.41, 5.74) is 0. The maximum Gasteiger partial charge on any atom is 0.303 e. The molecule has 1 fully saturated rings. The molecule has 1 saturated heterocycles. The molecule has 0 amide bonds. The summed E-state index contributed by atoms with van der Waals surface area (Å²) < 4.78 is 0. The van der Waals surface area contributed by atoms with Crippen molar-refractivity contribution in [2.45, 2.75) is 76.7 Å². The lowest BCUT2D eigenvalue weighted by molar-refractivity contribution is -0.908. The first kappa shape index (κ1) is 17.4. The number of hydrogen-bond acceptors (Lipinski definition) is 2. The number of aliphatic hydroxyl groups excluding tert-OH is 1. The second kappa shape index (κ2) is 11.1. The molecule has 1 atom stereocenters. The Morgan fingerprint density at radius 1 is 0.950 bits per heavy atom. The highest BCUT2D eigenvalue weighted by Gasteiger charge is 2.17. The molecule has 0 saturated carbocycles. The van der Waals surface area contributed by atoms with Crippen molar-refractivity contribution < 1.29 is 19.9 Å². The topological polar surface area (TPSA) is 62.0 Å². The first-order valence-electron chi connectivity index (χ1n) is 8.42. The number of unbranched alkanes of at least 4 members (excludes halogenated alkanes) is 5. The molecule has 4 heteroatoms. The molecule has 1 unspecified atom stereocenters. The molecule has 4 nitrogen and oxygen atoms in total. The molecule has 3 N–H and O–H groups in total. The molecule has 118 valence electrons. The number of hydrogen-bond donors (Lipinski definition) is 3. The third kappa shape index (κ3) is 9.32. The Kier molecular flexibility index (Phi) is 9.67. The van der Waals surface area contributed by atoms with E-state index in [9.17, 15) is 9.90 Å². The molecule has 0 aromatic rings. The molecule has 1 heterocycles. The molecule has 1 rings (SSSR count). The van der Waals surface area contributed by atoms with Crippen LogP contribution in [0.2, 0.25) is 0 Å². The van der Waals surface area contributed by atoms with Crippen LogP contribution in [0, 0.1) is 0 Å². The second-order valence-corrected chi connectivity index (χ2v) is 6.22. The predicted molar refractivity (Wildman–Crippen MR) is 80.0 cm³/mol. The molecule has 0 aliphatic carbocycles. The molecule has 0 bridgehead atoms. The number of carboxylic acids is 1. The summed E-state index contributed by atoms with van der Waals surface area (Å²) in [6, 6.07) is 0. The van der Waals surface area contributed by atoms with Crippen molar-refractivity contribution >= 4 is 5.97 Å². The Hall–Kier alpha value is -0.610. The van der Waals surface area contributed by atoms with Crippen molar-refractivity contribution in [3.8, 4) is 0 Å². The fraction of sp³-hybridized carbons (Fsp3) is 0.938. The van der Waals surface area contributed by atoms with E-state index in [1.54, 1.807) is 4.90 Å². The number of carboxylic acid groups (broad SMARTS) is 1. The van der Waals surface area contributed by atoms with E-state index in [4.69, 9.17) is 5.11 Å². The van der Waals surface area contributed by atoms with Gasteiger partial charge in [0.1, 0.15) is 12.6 Å². The summed E-state index contributed by atoms with van der Waals surface area (Å²) in [5, 5.41) is 18.5. The maximum absolute atomic E-state index is 10.3. The number of piperidine rings is 1. The standard InChI is InChI=1S/C16H31NO3/c18-15(14-17-12-8-5-9-13-17)10-6-3-1-2-4-7-11-16(19)20/h15,18H,1-14H2,(H,19,20)/p+1. The zero-order valence-electron chi connectivity index (χ0n) is 12.8. The number of aliphatic carboxylic acids is 1. The minimum absolute atomic E-state index is 0.130. The van der Waals surface area contributed by atoms with Gasteiger partial charge in [-0.05, 0) is 32.1 Å². The monoisotopic (exact) mass is 286 g/mol. The van der Waals surface area contributed by atoms with Gasteiger partial charge in [0.25, 0.3) is 0 Å². The average Bonchev–Trinajstić information content (AvgIpc) is 2.42. The Bertz CT molecular complexity index is 252. The van der Waals surface area contributed by atoms with Crippen LogP contribution in [0.25, 0.3) is 0 Å². The number of carbonyl (C=O) groups is 1. The molecular weight excluding hydrogens is 254 g/mol. The Labute approximate surface area is 123 Å². The lowest BCUT2D eigenvalue weighted by Gasteiger charge is -2.25. The molecule has 1 aliphatic rings. The first-order chi connectivity index (χ1) is 9.68. The van der Waals surface area contributed by atoms with Gasteiger partial charge in [-0.15, -0.1) is 0 Å². The Morgan fingerprint density at radius 2 is 1.55 bits per heavy atom. The second-order valence-electron chi connectivity index (χ2n) is 6.22. The van der Waals surface area contributed by atoms with Crippen molar-refractivity contribution in [3.63, 3.8) is 0 Å². The van der Waals surface area contributed by atoms with Gasteiger partial charge < -0.3 is 15.1 Å². The van der Waals surface area contributed by atoms with E-state index in [1.165, 1.54) is 45.2 Å². The normalized spacial score (nSPS) is 18.1. The van der Waals surface area contributed by atoms with Crippen molar-refractivity contribution in [3.05, 3.63) is 0 Å². The summed E-state index contributed by atoms with van der Waals surface area (Å²) in [7, 11) is 0. The third-order valence-electron chi connectivity index (χ3n) is 4.26. The van der Waals surface area contributed by atoms with E-state index in [1.807, 2.05) is 0 Å². The predicted octanol–water partition coefficient (Wildman–Crippen LogP) is 1.62. The highest BCUT2D eigenvalue weighted by molar-refractivity contribution is 5.66. The van der Waals surface area contributed by atoms with Gasteiger partial charge in [0.2, 0.25) is 0 Å². The van der Waals surface area contributed by atoms with Gasteiger partial charge in [0, 0.05) is 6.42 Å². The minimum atomic E-state index is -0.687. The summed E-state index contributed by atoms with van der Waals surface area (Å²) >= 11 is 0. The zero-order valence-corrected chi connectivity index (χ0v) is 12.8. The van der Waals surface area contributed by atoms with E-state index >= 15 is 0 Å². The Morgan fingerprint density at radius 3 is 2.20 bits per heavy atom. The van der Waals surface area contributed by atoms with Crippen LogP contribution in [0.15, 0.2) is 0 Å². The van der Waals surface area contributed by atoms with Crippen LogP contribution in [0.3, 0.4) is 0 Å². The van der Waals surface area contributed by atoms with Gasteiger partial charge in [-0.3, -0.25) is 4.79 Å². The van der Waals surface area contributed by atoms with Crippen LogP contribution in [-0.4, -0.2) is 41.9 Å². The van der Waals surface area contributed by atoms with Gasteiger partial charge in [0.15, 0.2) is 0 Å². The number of rotatable bonds is 11. The van der Waals surface area contributed by atoms with E-state index in [0.29, 0.717) is 6.42 Å². The van der Waals surface area contributed by atoms with Crippen LogP contribution < -0.4 is 4.90 Å². The fourth-order valence-corrected chi connectivity index (χ4v) is 3.05. The van der Waals surface area contributed by atoms with Crippen LogP contribution in [0.1, 0.15) is 70.6 Å². The molecule has 1 aliphatic heterocycles. The van der Waals surface area contributed by atoms with E-state index < -0.39 is 5.97 Å². The highest BCUT2D eigenvalue weighted by Crippen LogP contribution is 2.09. The van der Waals surface area contributed by atoms with Crippen LogP contribution in [0.4, 0.5) is 0 Å². The fourth-order valence-electron chi connectivity index (χ4n) is 3.05. The molecule has 0 spiro atoms. The van der Waals surface area contributed by atoms with Crippen molar-refractivity contribution in [1.82, 2.24) is 0 Å². The number of aliphatic hydroxyl groups is 1. The zero-order chi connectivity index (χ0) is 14.6. The first-order valence-corrected chi connectivity index (χ1v) is 8.42. The Balaban J connectivity index is 1.86. The molecular formula is C16H32NO3+. The average molecular weight is 286 g/mol. The van der Waals surface area contributed by atoms with Crippen LogP contribution >= 0.6 is 0 Å². The van der Waals surface area contributed by atoms with Crippen LogP contribution in [0.5, 0.6) is 0 Å². The molecule has 0 aromatic heterocycles. The number of nitrogens with one attached hydrogen (secondary N) is 1. The summed E-state index contributed by atoms with van der Waals surface area (Å²) in [5.74, 6) is -0.687. The lowest BCUT2D eigenvalue weighted by atomic mass is 10.0. The third-order valence-corrected chi connectivity index (χ3v) is 4.26. The maximum atomic E-state index is 10.3. The SMILES string of the molecule is O=C(O)CCCCCCCCC(O)C[NH+]1CCCCC1. The van der Waals surface area contributed by atoms with E-state index in [2.05, 4.69) is 0 Å². The smallest absolute Gasteiger partial charge is 0.303 e. The van der Waals surface area contributed by atoms with Gasteiger partial charge in [-0.25, -0.2) is 0 Å². The van der Waals surface area contributed by atoms with Crippen molar-refractivity contribution in [2.24, 2.45) is 0 Å². The molecule has 0 aromatic carbocycles. The van der Waals surface area contributed by atoms with E-state index in [-0.39, 0.29) is 6.10 Å². The molecule has 20 heavy (non-hydrogen) atoms. The summed E-state index contributed by atoms with van der Waals surface area (Å²) in [6.07, 6.45) is 11.5. The lowest BCUT2D eigenvalue weighted by Crippen LogP contribution is -3.13.